The summed E-state index contributed by atoms with van der Waals surface area (Å²) in [6.45, 7) is 3.25. The molecule has 28 heavy (non-hydrogen) atoms. The van der Waals surface area contributed by atoms with Gasteiger partial charge in [0.1, 0.15) is 0 Å². The second-order valence-electron chi connectivity index (χ2n) is 7.81. The third-order valence-electron chi connectivity index (χ3n) is 5.50. The van der Waals surface area contributed by atoms with E-state index in [0.717, 1.165) is 24.2 Å². The summed E-state index contributed by atoms with van der Waals surface area (Å²) in [6.07, 6.45) is 4.88. The van der Waals surface area contributed by atoms with Crippen LogP contribution in [0.2, 0.25) is 0 Å². The molecule has 6 N–H and O–H groups in total. The van der Waals surface area contributed by atoms with Crippen LogP contribution in [0.1, 0.15) is 36.8 Å². The highest BCUT2D eigenvalue weighted by Crippen LogP contribution is 2.29. The van der Waals surface area contributed by atoms with E-state index in [1.165, 1.54) is 37.8 Å². The second kappa shape index (κ2) is 9.66. The van der Waals surface area contributed by atoms with Gasteiger partial charge < -0.3 is 31.1 Å². The molecule has 1 aliphatic carbocycles. The first-order chi connectivity index (χ1) is 13.5. The molecule has 0 radical (unpaired) electrons. The third-order valence-corrected chi connectivity index (χ3v) is 5.50. The molecule has 0 saturated heterocycles. The van der Waals surface area contributed by atoms with E-state index in [9.17, 15) is 20.4 Å². The average molecular weight is 386 g/mol. The van der Waals surface area contributed by atoms with Gasteiger partial charge in [0.15, 0.2) is 23.0 Å². The molecule has 6 heteroatoms. The highest BCUT2D eigenvalue weighted by atomic mass is 16.3. The minimum Gasteiger partial charge on any atom is -0.504 e. The van der Waals surface area contributed by atoms with E-state index >= 15 is 0 Å². The molecule has 6 nitrogen and oxygen atoms in total. The van der Waals surface area contributed by atoms with Crippen molar-refractivity contribution in [3.05, 3.63) is 47.5 Å². The largest absolute Gasteiger partial charge is 0.504 e. The van der Waals surface area contributed by atoms with Crippen LogP contribution in [0.5, 0.6) is 23.0 Å². The molecular formula is C22H30N2O4. The number of benzene rings is 2. The Morgan fingerprint density at radius 3 is 1.57 bits per heavy atom. The normalized spacial score (nSPS) is 19.6. The average Bonchev–Trinajstić information content (AvgIpc) is 2.68. The van der Waals surface area contributed by atoms with E-state index in [4.69, 9.17) is 0 Å². The Balaban J connectivity index is 1.37. The molecule has 0 aliphatic heterocycles. The van der Waals surface area contributed by atoms with Gasteiger partial charge in [-0.2, -0.15) is 0 Å². The zero-order chi connectivity index (χ0) is 19.9. The van der Waals surface area contributed by atoms with Crippen LogP contribution in [-0.2, 0) is 13.1 Å². The molecule has 1 fully saturated rings. The van der Waals surface area contributed by atoms with Crippen molar-refractivity contribution in [2.75, 3.05) is 13.1 Å². The molecular weight excluding hydrogens is 356 g/mol. The molecule has 0 spiro atoms. The van der Waals surface area contributed by atoms with Crippen molar-refractivity contribution in [3.8, 4) is 23.0 Å². The molecule has 0 unspecified atom stereocenters. The maximum Gasteiger partial charge on any atom is 0.157 e. The van der Waals surface area contributed by atoms with Crippen molar-refractivity contribution < 1.29 is 20.4 Å². The lowest BCUT2D eigenvalue weighted by atomic mass is 9.81. The van der Waals surface area contributed by atoms with Crippen molar-refractivity contribution in [1.82, 2.24) is 10.6 Å². The highest BCUT2D eigenvalue weighted by molar-refractivity contribution is 5.41. The predicted octanol–water partition coefficient (Wildman–Crippen LogP) is 3.19. The Kier molecular flexibility index (Phi) is 7.01. The number of hydrogen-bond acceptors (Lipinski definition) is 6. The van der Waals surface area contributed by atoms with Gasteiger partial charge >= 0.3 is 0 Å². The zero-order valence-electron chi connectivity index (χ0n) is 16.1. The monoisotopic (exact) mass is 386 g/mol. The standard InChI is InChI=1S/C22H30N2O4/c25-19-6-4-17(9-21(19)27)13-23-11-15-2-1-3-16(8-15)12-24-14-18-5-7-20(26)22(28)10-18/h4-7,9-10,15-16,23-28H,1-3,8,11-14H2/t15-,16+. The summed E-state index contributed by atoms with van der Waals surface area (Å²) in [5, 5.41) is 44.8. The third kappa shape index (κ3) is 5.78. The van der Waals surface area contributed by atoms with Crippen LogP contribution < -0.4 is 10.6 Å². The number of phenols is 4. The first kappa shape index (κ1) is 20.3. The Labute approximate surface area is 165 Å². The van der Waals surface area contributed by atoms with Crippen LogP contribution in [0.4, 0.5) is 0 Å². The minimum absolute atomic E-state index is 0.0787. The summed E-state index contributed by atoms with van der Waals surface area (Å²) in [6, 6.07) is 9.85. The van der Waals surface area contributed by atoms with Crippen LogP contribution in [0, 0.1) is 11.8 Å². The lowest BCUT2D eigenvalue weighted by molar-refractivity contribution is 0.252. The van der Waals surface area contributed by atoms with Crippen LogP contribution in [0.3, 0.4) is 0 Å². The molecule has 2 atom stereocenters. The lowest BCUT2D eigenvalue weighted by Crippen LogP contribution is -2.31. The van der Waals surface area contributed by atoms with Crippen molar-refractivity contribution in [2.45, 2.75) is 38.8 Å². The van der Waals surface area contributed by atoms with Crippen LogP contribution in [-0.4, -0.2) is 33.5 Å². The van der Waals surface area contributed by atoms with Gasteiger partial charge in [0.05, 0.1) is 0 Å². The van der Waals surface area contributed by atoms with Gasteiger partial charge in [0, 0.05) is 13.1 Å². The molecule has 1 saturated carbocycles. The first-order valence-electron chi connectivity index (χ1n) is 9.94. The second-order valence-corrected chi connectivity index (χ2v) is 7.81. The van der Waals surface area contributed by atoms with Gasteiger partial charge in [-0.1, -0.05) is 18.6 Å². The summed E-state index contributed by atoms with van der Waals surface area (Å²) >= 11 is 0. The molecule has 0 heterocycles. The number of nitrogens with one attached hydrogen (secondary N) is 2. The summed E-state index contributed by atoms with van der Waals surface area (Å²) in [5.74, 6) is 0.950. The van der Waals surface area contributed by atoms with Gasteiger partial charge in [-0.15, -0.1) is 0 Å². The van der Waals surface area contributed by atoms with E-state index in [-0.39, 0.29) is 23.0 Å². The van der Waals surface area contributed by atoms with Gasteiger partial charge in [0.2, 0.25) is 0 Å². The van der Waals surface area contributed by atoms with E-state index < -0.39 is 0 Å². The molecule has 0 bridgehead atoms. The molecule has 3 rings (SSSR count). The Bertz CT molecular complexity index is 718. The highest BCUT2D eigenvalue weighted by Gasteiger charge is 2.21. The number of rotatable bonds is 8. The predicted molar refractivity (Wildman–Crippen MR) is 108 cm³/mol. The Morgan fingerprint density at radius 2 is 1.14 bits per heavy atom. The summed E-state index contributed by atoms with van der Waals surface area (Å²) in [5.41, 5.74) is 1.92. The quantitative estimate of drug-likeness (QED) is 0.389. The Hall–Kier alpha value is -2.44. The maximum absolute atomic E-state index is 9.57. The van der Waals surface area contributed by atoms with Gasteiger partial charge in [0.25, 0.3) is 0 Å². The first-order valence-corrected chi connectivity index (χ1v) is 9.94. The fourth-order valence-electron chi connectivity index (χ4n) is 3.97. The zero-order valence-corrected chi connectivity index (χ0v) is 16.1. The van der Waals surface area contributed by atoms with Gasteiger partial charge in [-0.25, -0.2) is 0 Å². The molecule has 1 aliphatic rings. The SMILES string of the molecule is Oc1ccc(CNC[C@H]2CCC[C@@H](CNCc3ccc(O)c(O)c3)C2)cc1O. The van der Waals surface area contributed by atoms with Crippen molar-refractivity contribution >= 4 is 0 Å². The molecule has 0 amide bonds. The van der Waals surface area contributed by atoms with E-state index in [2.05, 4.69) is 10.6 Å². The summed E-state index contributed by atoms with van der Waals surface area (Å²) in [4.78, 5) is 0. The van der Waals surface area contributed by atoms with Crippen molar-refractivity contribution in [1.29, 1.82) is 0 Å². The molecule has 0 aromatic heterocycles. The van der Waals surface area contributed by atoms with Crippen LogP contribution in [0.25, 0.3) is 0 Å². The van der Waals surface area contributed by atoms with Crippen molar-refractivity contribution in [2.24, 2.45) is 11.8 Å². The van der Waals surface area contributed by atoms with E-state index in [1.807, 2.05) is 12.1 Å². The van der Waals surface area contributed by atoms with E-state index in [1.54, 1.807) is 12.1 Å². The van der Waals surface area contributed by atoms with E-state index in [0.29, 0.717) is 24.9 Å². The number of phenolic OH excluding ortho intramolecular Hbond substituents is 4. The smallest absolute Gasteiger partial charge is 0.157 e. The molecule has 152 valence electrons. The molecule has 2 aromatic rings. The summed E-state index contributed by atoms with van der Waals surface area (Å²) < 4.78 is 0. The molecule has 2 aromatic carbocycles. The van der Waals surface area contributed by atoms with Gasteiger partial charge in [-0.3, -0.25) is 0 Å². The Morgan fingerprint density at radius 1 is 0.679 bits per heavy atom. The number of hydrogen-bond donors (Lipinski definition) is 6. The maximum atomic E-state index is 9.57. The van der Waals surface area contributed by atoms with Crippen molar-refractivity contribution in [3.63, 3.8) is 0 Å². The topological polar surface area (TPSA) is 105 Å². The van der Waals surface area contributed by atoms with Crippen LogP contribution >= 0.6 is 0 Å². The van der Waals surface area contributed by atoms with Gasteiger partial charge in [-0.05, 0) is 79.6 Å². The van der Waals surface area contributed by atoms with Crippen LogP contribution in [0.15, 0.2) is 36.4 Å². The fraction of sp³-hybridized carbons (Fsp3) is 0.455. The number of aromatic hydroxyl groups is 4. The minimum atomic E-state index is -0.0890. The fourth-order valence-corrected chi connectivity index (χ4v) is 3.97. The summed E-state index contributed by atoms with van der Waals surface area (Å²) in [7, 11) is 0. The lowest BCUT2D eigenvalue weighted by Gasteiger charge is -2.29.